The van der Waals surface area contributed by atoms with Crippen LogP contribution in [0.5, 0.6) is 5.75 Å². The van der Waals surface area contributed by atoms with Gasteiger partial charge in [0.25, 0.3) is 0 Å². The molecule has 0 saturated carbocycles. The minimum absolute atomic E-state index is 0.418. The Morgan fingerprint density at radius 1 is 1.44 bits per heavy atom. The van der Waals surface area contributed by atoms with Crippen molar-refractivity contribution in [1.82, 2.24) is 9.55 Å². The molecule has 0 radical (unpaired) electrons. The number of rotatable bonds is 5. The predicted octanol–water partition coefficient (Wildman–Crippen LogP) is 2.15. The zero-order valence-electron chi connectivity index (χ0n) is 10.3. The van der Waals surface area contributed by atoms with Crippen molar-refractivity contribution in [3.05, 3.63) is 47.0 Å². The van der Waals surface area contributed by atoms with Gasteiger partial charge in [0, 0.05) is 24.7 Å². The normalized spacial score (nSPS) is 10.6. The molecule has 0 fully saturated rings. The average Bonchev–Trinajstić information content (AvgIpc) is 2.68. The highest BCUT2D eigenvalue weighted by atomic mass is 35.5. The summed E-state index contributed by atoms with van der Waals surface area (Å²) < 4.78 is 7.60. The second-order valence-corrected chi connectivity index (χ2v) is 4.48. The lowest BCUT2D eigenvalue weighted by molar-refractivity contribution is 0.291. The lowest BCUT2D eigenvalue weighted by atomic mass is 10.3. The number of imidazole rings is 1. The van der Waals surface area contributed by atoms with Crippen molar-refractivity contribution in [2.24, 2.45) is 12.8 Å². The summed E-state index contributed by atoms with van der Waals surface area (Å²) in [7, 11) is 1.95. The molecule has 1 heterocycles. The van der Waals surface area contributed by atoms with Crippen LogP contribution >= 0.6 is 11.6 Å². The molecule has 2 aromatic rings. The standard InChI is InChI=1S/C13H16ClN3O/c1-17-8-11(5-6-15)16-13(17)9-18-12-4-2-3-10(14)7-12/h2-4,7-8H,5-6,9,15H2,1H3. The Balaban J connectivity index is 2.01. The predicted molar refractivity (Wildman–Crippen MR) is 71.8 cm³/mol. The van der Waals surface area contributed by atoms with E-state index in [1.54, 1.807) is 6.07 Å². The van der Waals surface area contributed by atoms with E-state index in [-0.39, 0.29) is 0 Å². The summed E-state index contributed by atoms with van der Waals surface area (Å²) in [6, 6.07) is 7.32. The van der Waals surface area contributed by atoms with Gasteiger partial charge in [0.2, 0.25) is 0 Å². The van der Waals surface area contributed by atoms with Gasteiger partial charge in [0.05, 0.1) is 5.69 Å². The summed E-state index contributed by atoms with van der Waals surface area (Å²) in [5, 5.41) is 0.663. The molecule has 0 saturated heterocycles. The van der Waals surface area contributed by atoms with Gasteiger partial charge in [-0.3, -0.25) is 0 Å². The molecule has 0 bridgehead atoms. The second kappa shape index (κ2) is 5.89. The Hall–Kier alpha value is -1.52. The zero-order valence-corrected chi connectivity index (χ0v) is 11.0. The van der Waals surface area contributed by atoms with Crippen molar-refractivity contribution < 1.29 is 4.74 Å². The number of hydrogen-bond donors (Lipinski definition) is 1. The smallest absolute Gasteiger partial charge is 0.146 e. The van der Waals surface area contributed by atoms with E-state index in [4.69, 9.17) is 22.1 Å². The van der Waals surface area contributed by atoms with E-state index in [2.05, 4.69) is 4.98 Å². The van der Waals surface area contributed by atoms with Crippen LogP contribution in [0.2, 0.25) is 5.02 Å². The van der Waals surface area contributed by atoms with Gasteiger partial charge in [-0.1, -0.05) is 17.7 Å². The number of nitrogens with zero attached hydrogens (tertiary/aromatic N) is 2. The van der Waals surface area contributed by atoms with Gasteiger partial charge in [-0.25, -0.2) is 4.98 Å². The number of benzene rings is 1. The molecule has 5 heteroatoms. The van der Waals surface area contributed by atoms with Gasteiger partial charge < -0.3 is 15.0 Å². The maximum atomic E-state index is 5.89. The summed E-state index contributed by atoms with van der Waals surface area (Å²) >= 11 is 5.89. The molecule has 0 amide bonds. The summed E-state index contributed by atoms with van der Waals surface area (Å²) in [6.45, 7) is 1.02. The van der Waals surface area contributed by atoms with E-state index in [1.165, 1.54) is 0 Å². The van der Waals surface area contributed by atoms with E-state index in [1.807, 2.05) is 36.0 Å². The highest BCUT2D eigenvalue weighted by Gasteiger charge is 2.05. The number of aryl methyl sites for hydroxylation is 1. The SMILES string of the molecule is Cn1cc(CCN)nc1COc1cccc(Cl)c1. The van der Waals surface area contributed by atoms with Crippen LogP contribution in [0.1, 0.15) is 11.5 Å². The van der Waals surface area contributed by atoms with E-state index in [0.717, 1.165) is 23.7 Å². The summed E-state index contributed by atoms with van der Waals surface area (Å²) in [4.78, 5) is 4.46. The van der Waals surface area contributed by atoms with Gasteiger partial charge in [0.1, 0.15) is 18.2 Å². The third-order valence-corrected chi connectivity index (χ3v) is 2.82. The van der Waals surface area contributed by atoms with E-state index < -0.39 is 0 Å². The van der Waals surface area contributed by atoms with Crippen LogP contribution in [0.15, 0.2) is 30.5 Å². The third kappa shape index (κ3) is 3.24. The van der Waals surface area contributed by atoms with Crippen molar-refractivity contribution in [2.45, 2.75) is 13.0 Å². The molecule has 4 nitrogen and oxygen atoms in total. The highest BCUT2D eigenvalue weighted by Crippen LogP contribution is 2.18. The first-order chi connectivity index (χ1) is 8.69. The van der Waals surface area contributed by atoms with Crippen LogP contribution < -0.4 is 10.5 Å². The molecule has 2 N–H and O–H groups in total. The Kier molecular flexibility index (Phi) is 4.23. The number of halogens is 1. The van der Waals surface area contributed by atoms with Gasteiger partial charge in [-0.05, 0) is 24.7 Å². The molecule has 0 aliphatic heterocycles. The van der Waals surface area contributed by atoms with E-state index in [0.29, 0.717) is 18.2 Å². The second-order valence-electron chi connectivity index (χ2n) is 4.04. The van der Waals surface area contributed by atoms with Crippen molar-refractivity contribution >= 4 is 11.6 Å². The molecule has 0 aliphatic rings. The summed E-state index contributed by atoms with van der Waals surface area (Å²) in [5.41, 5.74) is 6.50. The monoisotopic (exact) mass is 265 g/mol. The lowest BCUT2D eigenvalue weighted by Gasteiger charge is -2.06. The van der Waals surface area contributed by atoms with Crippen molar-refractivity contribution in [2.75, 3.05) is 6.54 Å². The molecule has 0 spiro atoms. The Bertz CT molecular complexity index is 525. The molecule has 18 heavy (non-hydrogen) atoms. The quantitative estimate of drug-likeness (QED) is 0.901. The van der Waals surface area contributed by atoms with Gasteiger partial charge >= 0.3 is 0 Å². The Morgan fingerprint density at radius 3 is 3.00 bits per heavy atom. The maximum Gasteiger partial charge on any atom is 0.146 e. The van der Waals surface area contributed by atoms with Gasteiger partial charge in [-0.2, -0.15) is 0 Å². The molecule has 1 aromatic carbocycles. The average molecular weight is 266 g/mol. The molecular formula is C13H16ClN3O. The highest BCUT2D eigenvalue weighted by molar-refractivity contribution is 6.30. The number of ether oxygens (including phenoxy) is 1. The largest absolute Gasteiger partial charge is 0.486 e. The fourth-order valence-corrected chi connectivity index (χ4v) is 1.86. The minimum Gasteiger partial charge on any atom is -0.486 e. The molecule has 1 aromatic heterocycles. The van der Waals surface area contributed by atoms with Crippen molar-refractivity contribution in [1.29, 1.82) is 0 Å². The van der Waals surface area contributed by atoms with Crippen LogP contribution in [0.4, 0.5) is 0 Å². The fraction of sp³-hybridized carbons (Fsp3) is 0.308. The number of nitrogens with two attached hydrogens (primary N) is 1. The molecule has 0 aliphatic carbocycles. The number of hydrogen-bond acceptors (Lipinski definition) is 3. The molecular weight excluding hydrogens is 250 g/mol. The first-order valence-corrected chi connectivity index (χ1v) is 6.16. The first-order valence-electron chi connectivity index (χ1n) is 5.78. The number of aromatic nitrogens is 2. The van der Waals surface area contributed by atoms with E-state index in [9.17, 15) is 0 Å². The molecule has 96 valence electrons. The van der Waals surface area contributed by atoms with Gasteiger partial charge in [0.15, 0.2) is 0 Å². The van der Waals surface area contributed by atoms with Crippen LogP contribution in [0.3, 0.4) is 0 Å². The first kappa shape index (κ1) is 12.9. The molecule has 2 rings (SSSR count). The van der Waals surface area contributed by atoms with Crippen LogP contribution in [0, 0.1) is 0 Å². The maximum absolute atomic E-state index is 5.89. The third-order valence-electron chi connectivity index (χ3n) is 2.59. The fourth-order valence-electron chi connectivity index (χ4n) is 1.68. The lowest BCUT2D eigenvalue weighted by Crippen LogP contribution is -2.04. The van der Waals surface area contributed by atoms with Crippen molar-refractivity contribution in [3.63, 3.8) is 0 Å². The molecule has 0 atom stereocenters. The topological polar surface area (TPSA) is 53.1 Å². The van der Waals surface area contributed by atoms with Gasteiger partial charge in [-0.15, -0.1) is 0 Å². The zero-order chi connectivity index (χ0) is 13.0. The molecule has 0 unspecified atom stereocenters. The summed E-state index contributed by atoms with van der Waals surface area (Å²) in [6.07, 6.45) is 2.76. The van der Waals surface area contributed by atoms with E-state index >= 15 is 0 Å². The minimum atomic E-state index is 0.418. The Labute approximate surface area is 111 Å². The Morgan fingerprint density at radius 2 is 2.28 bits per heavy atom. The van der Waals surface area contributed by atoms with Crippen LogP contribution in [0.25, 0.3) is 0 Å². The van der Waals surface area contributed by atoms with Crippen LogP contribution in [-0.2, 0) is 20.1 Å². The summed E-state index contributed by atoms with van der Waals surface area (Å²) in [5.74, 6) is 1.62. The van der Waals surface area contributed by atoms with Crippen molar-refractivity contribution in [3.8, 4) is 5.75 Å². The van der Waals surface area contributed by atoms with Crippen LogP contribution in [-0.4, -0.2) is 16.1 Å².